The maximum Gasteiger partial charge on any atom is 0.321 e. The van der Waals surface area contributed by atoms with E-state index in [4.69, 9.17) is 5.11 Å². The standard InChI is InChI=1S/C12H18O4S/c1-3-17-7(2)4-8-5-9(13)11(12(15)16)10(14)6-8/h7-8,11H,3-6H2,1-2H3,(H,15,16). The number of thioether (sulfide) groups is 1. The molecule has 4 nitrogen and oxygen atoms in total. The van der Waals surface area contributed by atoms with E-state index in [1.165, 1.54) is 0 Å². The van der Waals surface area contributed by atoms with Gasteiger partial charge in [0.25, 0.3) is 0 Å². The van der Waals surface area contributed by atoms with Gasteiger partial charge in [-0.1, -0.05) is 13.8 Å². The zero-order valence-corrected chi connectivity index (χ0v) is 11.0. The summed E-state index contributed by atoms with van der Waals surface area (Å²) in [5.41, 5.74) is 0. The van der Waals surface area contributed by atoms with Crippen LogP contribution in [0.3, 0.4) is 0 Å². The number of rotatable bonds is 5. The SMILES string of the molecule is CCSC(C)CC1CC(=O)C(C(=O)O)C(=O)C1. The second-order valence-electron chi connectivity index (χ2n) is 4.48. The molecule has 0 aliphatic heterocycles. The first-order chi connectivity index (χ1) is 7.95. The number of carbonyl (C=O) groups is 3. The molecule has 1 atom stereocenters. The molecule has 0 heterocycles. The summed E-state index contributed by atoms with van der Waals surface area (Å²) in [5.74, 6) is -2.51. The fourth-order valence-corrected chi connectivity index (χ4v) is 3.30. The van der Waals surface area contributed by atoms with Crippen LogP contribution in [-0.4, -0.2) is 33.6 Å². The Morgan fingerprint density at radius 2 is 1.94 bits per heavy atom. The van der Waals surface area contributed by atoms with Crippen LogP contribution in [-0.2, 0) is 14.4 Å². The van der Waals surface area contributed by atoms with Crippen molar-refractivity contribution in [1.29, 1.82) is 0 Å². The molecule has 0 bridgehead atoms. The molecule has 0 amide bonds. The van der Waals surface area contributed by atoms with E-state index in [-0.39, 0.29) is 18.8 Å². The number of ketones is 2. The van der Waals surface area contributed by atoms with E-state index in [1.807, 2.05) is 0 Å². The van der Waals surface area contributed by atoms with Crippen LogP contribution in [0, 0.1) is 11.8 Å². The second kappa shape index (κ2) is 6.19. The van der Waals surface area contributed by atoms with Gasteiger partial charge in [0.05, 0.1) is 0 Å². The van der Waals surface area contributed by atoms with Crippen molar-refractivity contribution in [1.82, 2.24) is 0 Å². The highest BCUT2D eigenvalue weighted by Crippen LogP contribution is 2.30. The van der Waals surface area contributed by atoms with Crippen LogP contribution in [0.2, 0.25) is 0 Å². The maximum absolute atomic E-state index is 11.6. The van der Waals surface area contributed by atoms with Crippen molar-refractivity contribution in [2.75, 3.05) is 5.75 Å². The summed E-state index contributed by atoms with van der Waals surface area (Å²) in [6, 6.07) is 0. The highest BCUT2D eigenvalue weighted by molar-refractivity contribution is 7.99. The van der Waals surface area contributed by atoms with Gasteiger partial charge in [0.15, 0.2) is 17.5 Å². The van der Waals surface area contributed by atoms with Crippen LogP contribution in [0.1, 0.15) is 33.1 Å². The Kier molecular flexibility index (Phi) is 5.18. The lowest BCUT2D eigenvalue weighted by Gasteiger charge is -2.25. The molecule has 0 spiro atoms. The minimum atomic E-state index is -1.40. The van der Waals surface area contributed by atoms with Crippen molar-refractivity contribution < 1.29 is 19.5 Å². The highest BCUT2D eigenvalue weighted by atomic mass is 32.2. The van der Waals surface area contributed by atoms with Crippen molar-refractivity contribution in [3.63, 3.8) is 0 Å². The molecule has 1 N–H and O–H groups in total. The van der Waals surface area contributed by atoms with Crippen LogP contribution < -0.4 is 0 Å². The fraction of sp³-hybridized carbons (Fsp3) is 0.750. The third-order valence-corrected chi connectivity index (χ3v) is 4.08. The quantitative estimate of drug-likeness (QED) is 0.761. The van der Waals surface area contributed by atoms with Gasteiger partial charge < -0.3 is 5.11 Å². The van der Waals surface area contributed by atoms with E-state index in [0.29, 0.717) is 5.25 Å². The molecule has 17 heavy (non-hydrogen) atoms. The molecule has 0 aromatic rings. The van der Waals surface area contributed by atoms with Crippen molar-refractivity contribution in [2.45, 2.75) is 38.4 Å². The van der Waals surface area contributed by atoms with E-state index in [2.05, 4.69) is 13.8 Å². The highest BCUT2D eigenvalue weighted by Gasteiger charge is 2.40. The number of carboxylic acids is 1. The van der Waals surface area contributed by atoms with E-state index in [0.717, 1.165) is 12.2 Å². The first kappa shape index (κ1) is 14.2. The van der Waals surface area contributed by atoms with Gasteiger partial charge in [-0.05, 0) is 18.1 Å². The Morgan fingerprint density at radius 1 is 1.41 bits per heavy atom. The largest absolute Gasteiger partial charge is 0.480 e. The lowest BCUT2D eigenvalue weighted by atomic mass is 9.78. The van der Waals surface area contributed by atoms with Crippen LogP contribution >= 0.6 is 11.8 Å². The Hall–Kier alpha value is -0.840. The number of Topliss-reactive ketones (excluding diaryl/α,β-unsaturated/α-hetero) is 2. The van der Waals surface area contributed by atoms with Gasteiger partial charge >= 0.3 is 5.97 Å². The summed E-state index contributed by atoms with van der Waals surface area (Å²) in [4.78, 5) is 33.9. The lowest BCUT2D eigenvalue weighted by molar-refractivity contribution is -0.152. The predicted molar refractivity (Wildman–Crippen MR) is 66.1 cm³/mol. The molecule has 0 aromatic heterocycles. The summed E-state index contributed by atoms with van der Waals surface area (Å²) in [6.07, 6.45) is 1.27. The van der Waals surface area contributed by atoms with E-state index in [9.17, 15) is 14.4 Å². The summed E-state index contributed by atoms with van der Waals surface area (Å²) >= 11 is 1.80. The Bertz CT molecular complexity index is 308. The number of carbonyl (C=O) groups excluding carboxylic acids is 2. The molecule has 1 aliphatic rings. The average molecular weight is 258 g/mol. The van der Waals surface area contributed by atoms with E-state index < -0.39 is 23.5 Å². The molecule has 1 unspecified atom stereocenters. The summed E-state index contributed by atoms with van der Waals surface area (Å²) in [5, 5.41) is 9.19. The molecule has 1 saturated carbocycles. The van der Waals surface area contributed by atoms with Crippen molar-refractivity contribution in [3.05, 3.63) is 0 Å². The van der Waals surface area contributed by atoms with E-state index in [1.54, 1.807) is 11.8 Å². The molecule has 1 fully saturated rings. The van der Waals surface area contributed by atoms with Crippen molar-refractivity contribution >= 4 is 29.3 Å². The number of hydrogen-bond acceptors (Lipinski definition) is 4. The fourth-order valence-electron chi connectivity index (χ4n) is 2.32. The molecular formula is C12H18O4S. The molecule has 0 saturated heterocycles. The summed E-state index contributed by atoms with van der Waals surface area (Å²) in [6.45, 7) is 4.14. The van der Waals surface area contributed by atoms with Crippen molar-refractivity contribution in [3.8, 4) is 0 Å². The zero-order chi connectivity index (χ0) is 13.0. The van der Waals surface area contributed by atoms with Gasteiger partial charge in [0, 0.05) is 18.1 Å². The smallest absolute Gasteiger partial charge is 0.321 e. The maximum atomic E-state index is 11.6. The third-order valence-electron chi connectivity index (χ3n) is 2.99. The summed E-state index contributed by atoms with van der Waals surface area (Å²) < 4.78 is 0. The number of aliphatic carboxylic acids is 1. The van der Waals surface area contributed by atoms with Crippen molar-refractivity contribution in [2.24, 2.45) is 11.8 Å². The number of carboxylic acid groups (broad SMARTS) is 1. The van der Waals surface area contributed by atoms with Gasteiger partial charge in [-0.3, -0.25) is 14.4 Å². The monoisotopic (exact) mass is 258 g/mol. The normalized spacial score (nSPS) is 26.9. The Labute approximate surface area is 105 Å². The van der Waals surface area contributed by atoms with Gasteiger partial charge in [0.2, 0.25) is 0 Å². The van der Waals surface area contributed by atoms with Gasteiger partial charge in [-0.2, -0.15) is 11.8 Å². The Balaban J connectivity index is 2.57. The first-order valence-electron chi connectivity index (χ1n) is 5.85. The first-order valence-corrected chi connectivity index (χ1v) is 6.90. The van der Waals surface area contributed by atoms with Crippen LogP contribution in [0.4, 0.5) is 0 Å². The van der Waals surface area contributed by atoms with Gasteiger partial charge in [0.1, 0.15) is 0 Å². The second-order valence-corrected chi connectivity index (χ2v) is 6.20. The molecule has 0 aromatic carbocycles. The van der Waals surface area contributed by atoms with Gasteiger partial charge in [-0.15, -0.1) is 0 Å². The average Bonchev–Trinajstić information content (AvgIpc) is 2.15. The lowest BCUT2D eigenvalue weighted by Crippen LogP contribution is -2.39. The topological polar surface area (TPSA) is 71.4 Å². The molecule has 1 rings (SSSR count). The minimum Gasteiger partial charge on any atom is -0.480 e. The van der Waals surface area contributed by atoms with Gasteiger partial charge in [-0.25, -0.2) is 0 Å². The molecule has 0 radical (unpaired) electrons. The van der Waals surface area contributed by atoms with Crippen LogP contribution in [0.5, 0.6) is 0 Å². The van der Waals surface area contributed by atoms with Crippen LogP contribution in [0.25, 0.3) is 0 Å². The zero-order valence-electron chi connectivity index (χ0n) is 10.1. The molecular weight excluding hydrogens is 240 g/mol. The molecule has 1 aliphatic carbocycles. The predicted octanol–water partition coefficient (Wildman–Crippen LogP) is 1.77. The molecule has 96 valence electrons. The minimum absolute atomic E-state index is 0.0275. The third kappa shape index (κ3) is 3.84. The number of hydrogen-bond donors (Lipinski definition) is 1. The van der Waals surface area contributed by atoms with Crippen LogP contribution in [0.15, 0.2) is 0 Å². The summed E-state index contributed by atoms with van der Waals surface area (Å²) in [7, 11) is 0. The van der Waals surface area contributed by atoms with E-state index >= 15 is 0 Å². The Morgan fingerprint density at radius 3 is 2.35 bits per heavy atom. The molecule has 5 heteroatoms.